The number of likely N-dealkylation sites (tertiary alicyclic amines) is 1. The Balaban J connectivity index is 1.52. The molecule has 2 amide bonds. The van der Waals surface area contributed by atoms with E-state index in [2.05, 4.69) is 5.32 Å². The highest BCUT2D eigenvalue weighted by Crippen LogP contribution is 2.26. The van der Waals surface area contributed by atoms with Crippen LogP contribution in [0.15, 0.2) is 24.3 Å². The van der Waals surface area contributed by atoms with Crippen LogP contribution in [0.25, 0.3) is 0 Å². The molecule has 3 rings (SSSR count). The van der Waals surface area contributed by atoms with Gasteiger partial charge in [-0.05, 0) is 38.5 Å². The Morgan fingerprint density at radius 1 is 1.10 bits per heavy atom. The zero-order valence-electron chi connectivity index (χ0n) is 17.4. The Morgan fingerprint density at radius 2 is 1.76 bits per heavy atom. The average Bonchev–Trinajstić information content (AvgIpc) is 2.68. The lowest BCUT2D eigenvalue weighted by atomic mass is 10.0. The van der Waals surface area contributed by atoms with Crippen LogP contribution >= 0.6 is 0 Å². The van der Waals surface area contributed by atoms with Crippen LogP contribution in [0.4, 0.5) is 9.59 Å². The van der Waals surface area contributed by atoms with Crippen molar-refractivity contribution in [1.82, 2.24) is 15.1 Å². The molecule has 0 spiro atoms. The molecule has 0 bridgehead atoms. The molecule has 1 atom stereocenters. The van der Waals surface area contributed by atoms with Gasteiger partial charge in [0.25, 0.3) is 0 Å². The monoisotopic (exact) mass is 405 g/mol. The van der Waals surface area contributed by atoms with E-state index in [4.69, 9.17) is 9.47 Å². The smallest absolute Gasteiger partial charge is 0.410 e. The molecule has 2 N–H and O–H groups in total. The second-order valence-electron chi connectivity index (χ2n) is 8.55. The molecule has 29 heavy (non-hydrogen) atoms. The van der Waals surface area contributed by atoms with Gasteiger partial charge in [0.1, 0.15) is 17.5 Å². The fourth-order valence-electron chi connectivity index (χ4n) is 3.67. The topological polar surface area (TPSA) is 91.3 Å². The lowest BCUT2D eigenvalue weighted by Gasteiger charge is -2.34. The first-order valence-electron chi connectivity index (χ1n) is 10.2. The summed E-state index contributed by atoms with van der Waals surface area (Å²) in [5.74, 6) is 0.759. The van der Waals surface area contributed by atoms with E-state index in [0.717, 1.165) is 24.2 Å². The van der Waals surface area contributed by atoms with Crippen molar-refractivity contribution in [2.45, 2.75) is 51.4 Å². The maximum atomic E-state index is 12.2. The number of benzene rings is 1. The van der Waals surface area contributed by atoms with Crippen LogP contribution in [0.5, 0.6) is 5.75 Å². The summed E-state index contributed by atoms with van der Waals surface area (Å²) >= 11 is 0. The zero-order chi connectivity index (χ0) is 21.0. The molecule has 2 saturated heterocycles. The molecule has 2 fully saturated rings. The van der Waals surface area contributed by atoms with Crippen molar-refractivity contribution in [2.24, 2.45) is 0 Å². The minimum absolute atomic E-state index is 0.0476. The summed E-state index contributed by atoms with van der Waals surface area (Å²) in [6, 6.07) is 7.46. The van der Waals surface area contributed by atoms with Crippen LogP contribution in [0.1, 0.15) is 45.2 Å². The third-order valence-electron chi connectivity index (χ3n) is 5.15. The number of hydrogen-bond donors (Lipinski definition) is 2. The van der Waals surface area contributed by atoms with Crippen molar-refractivity contribution < 1.29 is 24.2 Å². The number of carbonyl (C=O) groups excluding carboxylic acids is 1. The van der Waals surface area contributed by atoms with E-state index in [9.17, 15) is 14.7 Å². The van der Waals surface area contributed by atoms with Gasteiger partial charge in [0.15, 0.2) is 0 Å². The van der Waals surface area contributed by atoms with E-state index in [1.54, 1.807) is 4.90 Å². The van der Waals surface area contributed by atoms with Crippen LogP contribution in [0, 0.1) is 0 Å². The normalized spacial score (nSPS) is 21.0. The van der Waals surface area contributed by atoms with Crippen molar-refractivity contribution in [3.63, 3.8) is 0 Å². The highest BCUT2D eigenvalue weighted by atomic mass is 16.6. The van der Waals surface area contributed by atoms with Gasteiger partial charge in [0.2, 0.25) is 0 Å². The number of rotatable bonds is 3. The van der Waals surface area contributed by atoms with Gasteiger partial charge < -0.3 is 24.8 Å². The van der Waals surface area contributed by atoms with E-state index in [1.165, 1.54) is 4.90 Å². The maximum absolute atomic E-state index is 12.2. The van der Waals surface area contributed by atoms with Gasteiger partial charge in [-0.1, -0.05) is 12.1 Å². The lowest BCUT2D eigenvalue weighted by Crippen LogP contribution is -2.48. The zero-order valence-corrected chi connectivity index (χ0v) is 17.4. The van der Waals surface area contributed by atoms with Crippen molar-refractivity contribution in [2.75, 3.05) is 32.7 Å². The largest absolute Gasteiger partial charge is 0.490 e. The van der Waals surface area contributed by atoms with Crippen molar-refractivity contribution in [3.05, 3.63) is 29.8 Å². The minimum Gasteiger partial charge on any atom is -0.490 e. The first-order chi connectivity index (χ1) is 13.7. The molecule has 160 valence electrons. The van der Waals surface area contributed by atoms with E-state index in [0.29, 0.717) is 32.7 Å². The number of ether oxygens (including phenoxy) is 2. The summed E-state index contributed by atoms with van der Waals surface area (Å²) < 4.78 is 11.5. The second kappa shape index (κ2) is 8.90. The standard InChI is InChI=1S/C21H31N3O5/c1-21(2,3)29-20(27)23-11-8-17(9-12-23)28-16-6-4-15(5-7-16)18-14-22-10-13-24(18)19(25)26/h4-7,17-18,22H,8-14H2,1-3H3,(H,25,26). The summed E-state index contributed by atoms with van der Waals surface area (Å²) in [5, 5.41) is 12.6. The van der Waals surface area contributed by atoms with Gasteiger partial charge in [-0.2, -0.15) is 0 Å². The van der Waals surface area contributed by atoms with Crippen molar-refractivity contribution >= 4 is 12.2 Å². The summed E-state index contributed by atoms with van der Waals surface area (Å²) in [5.41, 5.74) is 0.461. The molecule has 8 heteroatoms. The first kappa shape index (κ1) is 21.2. The van der Waals surface area contributed by atoms with Crippen LogP contribution in [-0.2, 0) is 4.74 Å². The van der Waals surface area contributed by atoms with E-state index in [-0.39, 0.29) is 18.2 Å². The Bertz CT molecular complexity index is 708. The number of nitrogens with one attached hydrogen (secondary N) is 1. The third kappa shape index (κ3) is 5.76. The third-order valence-corrected chi connectivity index (χ3v) is 5.15. The number of piperazine rings is 1. The molecule has 0 saturated carbocycles. The number of hydrogen-bond acceptors (Lipinski definition) is 5. The van der Waals surface area contributed by atoms with E-state index < -0.39 is 11.7 Å². The highest BCUT2D eigenvalue weighted by molar-refractivity contribution is 5.68. The number of amides is 2. The molecule has 2 heterocycles. The fourth-order valence-corrected chi connectivity index (χ4v) is 3.67. The predicted molar refractivity (Wildman–Crippen MR) is 108 cm³/mol. The molecule has 2 aliphatic rings. The Morgan fingerprint density at radius 3 is 2.34 bits per heavy atom. The first-order valence-corrected chi connectivity index (χ1v) is 10.2. The van der Waals surface area contributed by atoms with Gasteiger partial charge in [-0.15, -0.1) is 0 Å². The average molecular weight is 405 g/mol. The van der Waals surface area contributed by atoms with Crippen LogP contribution < -0.4 is 10.1 Å². The highest BCUT2D eigenvalue weighted by Gasteiger charge is 2.29. The number of carboxylic acid groups (broad SMARTS) is 1. The molecule has 8 nitrogen and oxygen atoms in total. The second-order valence-corrected chi connectivity index (χ2v) is 8.55. The number of carbonyl (C=O) groups is 2. The SMILES string of the molecule is CC(C)(C)OC(=O)N1CCC(Oc2ccc(C3CNCCN3C(=O)O)cc2)CC1. The number of nitrogens with zero attached hydrogens (tertiary/aromatic N) is 2. The molecule has 1 aromatic carbocycles. The molecule has 2 aliphatic heterocycles. The Hall–Kier alpha value is -2.48. The summed E-state index contributed by atoms with van der Waals surface area (Å²) in [4.78, 5) is 26.8. The molecule has 0 radical (unpaired) electrons. The van der Waals surface area contributed by atoms with Crippen LogP contribution in [0.3, 0.4) is 0 Å². The van der Waals surface area contributed by atoms with Gasteiger partial charge >= 0.3 is 12.2 Å². The summed E-state index contributed by atoms with van der Waals surface area (Å²) in [6.45, 7) is 8.57. The van der Waals surface area contributed by atoms with Crippen LogP contribution in [0.2, 0.25) is 0 Å². The van der Waals surface area contributed by atoms with Gasteiger partial charge in [0, 0.05) is 45.6 Å². The Labute approximate surface area is 171 Å². The van der Waals surface area contributed by atoms with Gasteiger partial charge in [-0.3, -0.25) is 4.90 Å². The molecule has 1 aromatic rings. The molecular formula is C21H31N3O5. The summed E-state index contributed by atoms with van der Waals surface area (Å²) in [7, 11) is 0. The Kier molecular flexibility index (Phi) is 6.52. The molecule has 1 unspecified atom stereocenters. The molecule has 0 aliphatic carbocycles. The fraction of sp³-hybridized carbons (Fsp3) is 0.619. The van der Waals surface area contributed by atoms with E-state index >= 15 is 0 Å². The van der Waals surface area contributed by atoms with Crippen molar-refractivity contribution in [3.8, 4) is 5.75 Å². The van der Waals surface area contributed by atoms with Crippen molar-refractivity contribution in [1.29, 1.82) is 0 Å². The van der Waals surface area contributed by atoms with Gasteiger partial charge in [-0.25, -0.2) is 9.59 Å². The van der Waals surface area contributed by atoms with Crippen LogP contribution in [-0.4, -0.2) is 71.5 Å². The van der Waals surface area contributed by atoms with Gasteiger partial charge in [0.05, 0.1) is 6.04 Å². The predicted octanol–water partition coefficient (Wildman–Crippen LogP) is 3.09. The quantitative estimate of drug-likeness (QED) is 0.803. The molecular weight excluding hydrogens is 374 g/mol. The molecule has 0 aromatic heterocycles. The minimum atomic E-state index is -0.895. The maximum Gasteiger partial charge on any atom is 0.410 e. The van der Waals surface area contributed by atoms with E-state index in [1.807, 2.05) is 45.0 Å². The summed E-state index contributed by atoms with van der Waals surface area (Å²) in [6.07, 6.45) is 0.380. The lowest BCUT2D eigenvalue weighted by molar-refractivity contribution is 0.0126. The number of piperidine rings is 1.